The first kappa shape index (κ1) is 22.5. The van der Waals surface area contributed by atoms with Crippen LogP contribution in [0.2, 0.25) is 0 Å². The van der Waals surface area contributed by atoms with E-state index in [9.17, 15) is 9.59 Å². The second-order valence-electron chi connectivity index (χ2n) is 7.69. The molecule has 2 unspecified atom stereocenters. The van der Waals surface area contributed by atoms with E-state index in [0.29, 0.717) is 50.0 Å². The average Bonchev–Trinajstić information content (AvgIpc) is 2.74. The molecule has 2 aliphatic rings. The summed E-state index contributed by atoms with van der Waals surface area (Å²) in [5, 5.41) is 3.43. The van der Waals surface area contributed by atoms with E-state index in [1.807, 2.05) is 9.80 Å². The number of hydrogen-bond acceptors (Lipinski definition) is 4. The van der Waals surface area contributed by atoms with E-state index in [0.717, 1.165) is 18.8 Å². The zero-order valence-corrected chi connectivity index (χ0v) is 17.7. The van der Waals surface area contributed by atoms with Gasteiger partial charge in [-0.1, -0.05) is 6.92 Å². The Labute approximate surface area is 174 Å². The number of amides is 2. The fraction of sp³-hybridized carbons (Fsp3) is 0.619. The van der Waals surface area contributed by atoms with Gasteiger partial charge in [-0.2, -0.15) is 0 Å². The summed E-state index contributed by atoms with van der Waals surface area (Å²) in [5.74, 6) is 1.99. The second-order valence-corrected chi connectivity index (χ2v) is 7.69. The third kappa shape index (κ3) is 5.61. The molecule has 2 saturated heterocycles. The van der Waals surface area contributed by atoms with E-state index in [4.69, 9.17) is 4.74 Å². The summed E-state index contributed by atoms with van der Waals surface area (Å²) in [5.41, 5.74) is 0.661. The van der Waals surface area contributed by atoms with Crippen LogP contribution in [0.15, 0.2) is 24.3 Å². The lowest BCUT2D eigenvalue weighted by atomic mass is 9.85. The molecule has 2 amide bonds. The lowest BCUT2D eigenvalue weighted by Gasteiger charge is -2.36. The van der Waals surface area contributed by atoms with E-state index < -0.39 is 0 Å². The van der Waals surface area contributed by atoms with Crippen LogP contribution in [0.3, 0.4) is 0 Å². The molecule has 0 spiro atoms. The molecule has 1 aromatic carbocycles. The Hall–Kier alpha value is -1.79. The van der Waals surface area contributed by atoms with Crippen molar-refractivity contribution < 1.29 is 14.3 Å². The zero-order chi connectivity index (χ0) is 19.2. The maximum atomic E-state index is 12.7. The fourth-order valence-corrected chi connectivity index (χ4v) is 4.01. The Balaban J connectivity index is 0.00000280. The topological polar surface area (TPSA) is 61.9 Å². The summed E-state index contributed by atoms with van der Waals surface area (Å²) in [6.45, 7) is 6.75. The molecule has 0 aliphatic carbocycles. The molecule has 2 aliphatic heterocycles. The molecule has 0 bridgehead atoms. The van der Waals surface area contributed by atoms with E-state index >= 15 is 0 Å². The molecule has 28 heavy (non-hydrogen) atoms. The van der Waals surface area contributed by atoms with Crippen molar-refractivity contribution >= 4 is 24.2 Å². The lowest BCUT2D eigenvalue weighted by molar-refractivity contribution is -0.134. The minimum atomic E-state index is 0. The van der Waals surface area contributed by atoms with Crippen molar-refractivity contribution in [3.63, 3.8) is 0 Å². The largest absolute Gasteiger partial charge is 0.497 e. The summed E-state index contributed by atoms with van der Waals surface area (Å²) in [6.07, 6.45) is 3.03. The van der Waals surface area contributed by atoms with Gasteiger partial charge in [0.2, 0.25) is 5.91 Å². The first-order chi connectivity index (χ1) is 13.1. The van der Waals surface area contributed by atoms with Crippen LogP contribution in [-0.2, 0) is 4.79 Å². The van der Waals surface area contributed by atoms with Gasteiger partial charge in [0.1, 0.15) is 5.75 Å². The Kier molecular flexibility index (Phi) is 8.58. The number of benzene rings is 1. The Bertz CT molecular complexity index is 639. The summed E-state index contributed by atoms with van der Waals surface area (Å²) in [6, 6.07) is 7.18. The van der Waals surface area contributed by atoms with Gasteiger partial charge in [0.05, 0.1) is 7.11 Å². The maximum Gasteiger partial charge on any atom is 0.253 e. The van der Waals surface area contributed by atoms with Gasteiger partial charge in [0.15, 0.2) is 0 Å². The van der Waals surface area contributed by atoms with Gasteiger partial charge in [0, 0.05) is 38.2 Å². The zero-order valence-electron chi connectivity index (χ0n) is 16.9. The van der Waals surface area contributed by atoms with Gasteiger partial charge in [0.25, 0.3) is 5.91 Å². The molecule has 156 valence electrons. The van der Waals surface area contributed by atoms with Crippen molar-refractivity contribution in [3.8, 4) is 5.75 Å². The van der Waals surface area contributed by atoms with Crippen LogP contribution >= 0.6 is 12.4 Å². The molecule has 0 radical (unpaired) electrons. The van der Waals surface area contributed by atoms with Crippen LogP contribution in [0, 0.1) is 11.8 Å². The highest BCUT2D eigenvalue weighted by Crippen LogP contribution is 2.23. The first-order valence-corrected chi connectivity index (χ1v) is 10.0. The predicted octanol–water partition coefficient (Wildman–Crippen LogP) is 2.43. The van der Waals surface area contributed by atoms with E-state index in [2.05, 4.69) is 12.2 Å². The van der Waals surface area contributed by atoms with Gasteiger partial charge >= 0.3 is 0 Å². The van der Waals surface area contributed by atoms with Crippen LogP contribution in [-0.4, -0.2) is 68.0 Å². The third-order valence-electron chi connectivity index (χ3n) is 5.89. The van der Waals surface area contributed by atoms with Crippen molar-refractivity contribution in [2.45, 2.75) is 26.2 Å². The maximum absolute atomic E-state index is 12.7. The van der Waals surface area contributed by atoms with E-state index in [1.54, 1.807) is 31.4 Å². The quantitative estimate of drug-likeness (QED) is 0.811. The number of piperidine rings is 1. The number of ether oxygens (including phenoxy) is 1. The minimum Gasteiger partial charge on any atom is -0.497 e. The van der Waals surface area contributed by atoms with Crippen molar-refractivity contribution in [1.29, 1.82) is 0 Å². The number of nitrogens with zero attached hydrogens (tertiary/aromatic N) is 2. The smallest absolute Gasteiger partial charge is 0.253 e. The minimum absolute atomic E-state index is 0. The number of hydrogen-bond donors (Lipinski definition) is 1. The third-order valence-corrected chi connectivity index (χ3v) is 5.89. The van der Waals surface area contributed by atoms with Crippen molar-refractivity contribution in [3.05, 3.63) is 29.8 Å². The number of carbonyl (C=O) groups excluding carboxylic acids is 2. The second kappa shape index (κ2) is 10.7. The Morgan fingerprint density at radius 2 is 1.79 bits per heavy atom. The number of rotatable bonds is 5. The highest BCUT2D eigenvalue weighted by atomic mass is 35.5. The number of nitrogens with one attached hydrogen (secondary N) is 1. The van der Waals surface area contributed by atoms with Crippen LogP contribution in [0.5, 0.6) is 5.75 Å². The van der Waals surface area contributed by atoms with Gasteiger partial charge in [-0.15, -0.1) is 12.4 Å². The normalized spacial score (nSPS) is 20.9. The van der Waals surface area contributed by atoms with E-state index in [1.165, 1.54) is 12.8 Å². The van der Waals surface area contributed by atoms with Crippen molar-refractivity contribution in [1.82, 2.24) is 15.1 Å². The van der Waals surface area contributed by atoms with Crippen LogP contribution in [0.1, 0.15) is 36.5 Å². The van der Waals surface area contributed by atoms with Gasteiger partial charge in [-0.25, -0.2) is 0 Å². The van der Waals surface area contributed by atoms with Gasteiger partial charge < -0.3 is 19.9 Å². The number of carbonyl (C=O) groups is 2. The average molecular weight is 410 g/mol. The number of halogens is 1. The number of methoxy groups -OCH3 is 1. The molecular formula is C21H32ClN3O3. The molecule has 2 fully saturated rings. The fourth-order valence-electron chi connectivity index (χ4n) is 4.01. The number of piperazine rings is 1. The van der Waals surface area contributed by atoms with Crippen molar-refractivity contribution in [2.75, 3.05) is 46.4 Å². The summed E-state index contributed by atoms with van der Waals surface area (Å²) in [4.78, 5) is 29.0. The predicted molar refractivity (Wildman–Crippen MR) is 112 cm³/mol. The van der Waals surface area contributed by atoms with Gasteiger partial charge in [-0.05, 0) is 62.0 Å². The van der Waals surface area contributed by atoms with Crippen LogP contribution < -0.4 is 10.1 Å². The Morgan fingerprint density at radius 1 is 1.14 bits per heavy atom. The van der Waals surface area contributed by atoms with E-state index in [-0.39, 0.29) is 24.2 Å². The molecule has 6 nitrogen and oxygen atoms in total. The summed E-state index contributed by atoms with van der Waals surface area (Å²) in [7, 11) is 1.61. The molecule has 2 heterocycles. The Morgan fingerprint density at radius 3 is 2.36 bits per heavy atom. The standard InChI is InChI=1S/C21H31N3O3.ClH/c1-16(18-4-3-9-22-15-18)14-20(25)23-10-12-24(13-11-23)21(26)17-5-7-19(27-2)8-6-17;/h5-8,16,18,22H,3-4,9-15H2,1-2H3;1H. The highest BCUT2D eigenvalue weighted by molar-refractivity contribution is 5.94. The molecule has 0 aromatic heterocycles. The molecule has 1 aromatic rings. The molecule has 0 saturated carbocycles. The monoisotopic (exact) mass is 409 g/mol. The molecule has 3 rings (SSSR count). The molecule has 7 heteroatoms. The van der Waals surface area contributed by atoms with Crippen LogP contribution in [0.25, 0.3) is 0 Å². The first-order valence-electron chi connectivity index (χ1n) is 10.0. The highest BCUT2D eigenvalue weighted by Gasteiger charge is 2.28. The van der Waals surface area contributed by atoms with Gasteiger partial charge in [-0.3, -0.25) is 9.59 Å². The molecule has 1 N–H and O–H groups in total. The summed E-state index contributed by atoms with van der Waals surface area (Å²) >= 11 is 0. The van der Waals surface area contributed by atoms with Crippen molar-refractivity contribution in [2.24, 2.45) is 11.8 Å². The van der Waals surface area contributed by atoms with Crippen LogP contribution in [0.4, 0.5) is 0 Å². The molecular weight excluding hydrogens is 378 g/mol. The molecule has 2 atom stereocenters. The SMILES string of the molecule is COc1ccc(C(=O)N2CCN(C(=O)CC(C)C3CCCNC3)CC2)cc1.Cl. The lowest BCUT2D eigenvalue weighted by Crippen LogP contribution is -2.51. The summed E-state index contributed by atoms with van der Waals surface area (Å²) < 4.78 is 5.14.